The number of nitrogens with one attached hydrogen (secondary N) is 2. The molecule has 0 saturated carbocycles. The third-order valence-electron chi connectivity index (χ3n) is 2.93. The monoisotopic (exact) mass is 279 g/mol. The Morgan fingerprint density at radius 2 is 1.80 bits per heavy atom. The Morgan fingerprint density at radius 1 is 1.25 bits per heavy atom. The van der Waals surface area contributed by atoms with E-state index in [-0.39, 0.29) is 17.2 Å². The molecule has 1 rings (SSSR count). The van der Waals surface area contributed by atoms with Gasteiger partial charge in [0.15, 0.2) is 0 Å². The van der Waals surface area contributed by atoms with Gasteiger partial charge in [-0.15, -0.1) is 0 Å². The largest absolute Gasteiger partial charge is 0.373 e. The first-order valence-corrected chi connectivity index (χ1v) is 6.78. The topological polar surface area (TPSA) is 92.9 Å². The van der Waals surface area contributed by atoms with Gasteiger partial charge in [-0.3, -0.25) is 4.79 Å². The molecular weight excluding hydrogens is 254 g/mol. The number of nitrogens with zero attached hydrogens (tertiary/aromatic N) is 2. The first kappa shape index (κ1) is 16.2. The Balaban J connectivity index is 3.14. The van der Waals surface area contributed by atoms with Gasteiger partial charge in [-0.25, -0.2) is 9.97 Å². The molecule has 1 heterocycles. The van der Waals surface area contributed by atoms with Crippen molar-refractivity contribution >= 4 is 17.5 Å². The molecule has 1 aromatic rings. The predicted molar refractivity (Wildman–Crippen MR) is 81.7 cm³/mol. The summed E-state index contributed by atoms with van der Waals surface area (Å²) >= 11 is 0. The summed E-state index contributed by atoms with van der Waals surface area (Å²) in [6.07, 6.45) is 0. The molecule has 0 fully saturated rings. The number of aromatic nitrogens is 2. The van der Waals surface area contributed by atoms with Crippen LogP contribution in [0.4, 0.5) is 11.6 Å². The van der Waals surface area contributed by atoms with Gasteiger partial charge >= 0.3 is 0 Å². The minimum absolute atomic E-state index is 0.0820. The van der Waals surface area contributed by atoms with Crippen LogP contribution in [-0.2, 0) is 10.2 Å². The molecule has 4 N–H and O–H groups in total. The molecule has 0 aliphatic rings. The van der Waals surface area contributed by atoms with Gasteiger partial charge < -0.3 is 16.4 Å². The van der Waals surface area contributed by atoms with E-state index in [2.05, 4.69) is 20.6 Å². The number of primary amides is 1. The first-order valence-electron chi connectivity index (χ1n) is 6.78. The van der Waals surface area contributed by atoms with Crippen molar-refractivity contribution in [1.29, 1.82) is 0 Å². The van der Waals surface area contributed by atoms with E-state index in [1.165, 1.54) is 0 Å². The summed E-state index contributed by atoms with van der Waals surface area (Å²) in [5, 5.41) is 6.10. The number of amides is 1. The lowest BCUT2D eigenvalue weighted by Gasteiger charge is -2.22. The molecule has 20 heavy (non-hydrogen) atoms. The molecule has 1 amide bonds. The predicted octanol–water partition coefficient (Wildman–Crippen LogP) is 1.74. The van der Waals surface area contributed by atoms with Crippen LogP contribution in [0.15, 0.2) is 6.07 Å². The van der Waals surface area contributed by atoms with Gasteiger partial charge in [0, 0.05) is 18.5 Å². The molecule has 0 aromatic carbocycles. The molecule has 1 atom stereocenters. The fourth-order valence-electron chi connectivity index (χ4n) is 1.71. The van der Waals surface area contributed by atoms with E-state index in [1.54, 1.807) is 13.1 Å². The number of hydrogen-bond acceptors (Lipinski definition) is 5. The van der Waals surface area contributed by atoms with Gasteiger partial charge in [-0.1, -0.05) is 34.6 Å². The van der Waals surface area contributed by atoms with Gasteiger partial charge in [0.05, 0.1) is 0 Å². The number of carbonyl (C=O) groups is 1. The molecule has 1 aromatic heterocycles. The SMILES string of the molecule is CNc1cc(NC(C(N)=O)C(C)C)nc(C(C)(C)C)n1. The van der Waals surface area contributed by atoms with Crippen LogP contribution >= 0.6 is 0 Å². The van der Waals surface area contributed by atoms with Gasteiger partial charge in [0.2, 0.25) is 5.91 Å². The average molecular weight is 279 g/mol. The number of carbonyl (C=O) groups excluding carboxylic acids is 1. The Labute approximate surface area is 120 Å². The summed E-state index contributed by atoms with van der Waals surface area (Å²) < 4.78 is 0. The van der Waals surface area contributed by atoms with Crippen LogP contribution < -0.4 is 16.4 Å². The van der Waals surface area contributed by atoms with Crippen molar-refractivity contribution in [3.8, 4) is 0 Å². The van der Waals surface area contributed by atoms with Crippen LogP contribution in [0.3, 0.4) is 0 Å². The van der Waals surface area contributed by atoms with Gasteiger partial charge in [0.1, 0.15) is 23.5 Å². The maximum Gasteiger partial charge on any atom is 0.240 e. The van der Waals surface area contributed by atoms with E-state index in [0.29, 0.717) is 17.5 Å². The molecule has 6 nitrogen and oxygen atoms in total. The maximum atomic E-state index is 11.5. The highest BCUT2D eigenvalue weighted by Crippen LogP contribution is 2.23. The van der Waals surface area contributed by atoms with E-state index >= 15 is 0 Å². The normalized spacial score (nSPS) is 13.2. The van der Waals surface area contributed by atoms with Crippen LogP contribution in [0.2, 0.25) is 0 Å². The number of nitrogens with two attached hydrogens (primary N) is 1. The summed E-state index contributed by atoms with van der Waals surface area (Å²) in [5.41, 5.74) is 5.24. The molecule has 0 saturated heterocycles. The quantitative estimate of drug-likeness (QED) is 0.763. The van der Waals surface area contributed by atoms with Crippen molar-refractivity contribution in [2.45, 2.75) is 46.1 Å². The van der Waals surface area contributed by atoms with Crippen molar-refractivity contribution < 1.29 is 4.79 Å². The van der Waals surface area contributed by atoms with Crippen LogP contribution in [0.25, 0.3) is 0 Å². The van der Waals surface area contributed by atoms with Crippen molar-refractivity contribution in [2.75, 3.05) is 17.7 Å². The van der Waals surface area contributed by atoms with Crippen molar-refractivity contribution in [1.82, 2.24) is 9.97 Å². The van der Waals surface area contributed by atoms with Crippen LogP contribution in [0.5, 0.6) is 0 Å². The third-order valence-corrected chi connectivity index (χ3v) is 2.93. The highest BCUT2D eigenvalue weighted by atomic mass is 16.1. The standard InChI is InChI=1S/C14H25N5O/c1-8(2)11(12(15)20)17-10-7-9(16-6)18-13(19-10)14(3,4)5/h7-8,11H,1-6H3,(H2,15,20)(H2,16,17,18,19). The van der Waals surface area contributed by atoms with Crippen molar-refractivity contribution in [3.63, 3.8) is 0 Å². The average Bonchev–Trinajstić information content (AvgIpc) is 2.33. The Kier molecular flexibility index (Phi) is 4.92. The van der Waals surface area contributed by atoms with E-state index < -0.39 is 6.04 Å². The minimum atomic E-state index is -0.456. The first-order chi connectivity index (χ1) is 9.15. The smallest absolute Gasteiger partial charge is 0.240 e. The number of hydrogen-bond donors (Lipinski definition) is 3. The zero-order chi connectivity index (χ0) is 15.5. The Bertz CT molecular complexity index is 479. The zero-order valence-corrected chi connectivity index (χ0v) is 13.1. The van der Waals surface area contributed by atoms with Crippen molar-refractivity contribution in [2.24, 2.45) is 11.7 Å². The fourth-order valence-corrected chi connectivity index (χ4v) is 1.71. The van der Waals surface area contributed by atoms with Crippen LogP contribution in [0, 0.1) is 5.92 Å². The summed E-state index contributed by atoms with van der Waals surface area (Å²) in [4.78, 5) is 20.4. The molecule has 1 unspecified atom stereocenters. The van der Waals surface area contributed by atoms with Gasteiger partial charge in [-0.2, -0.15) is 0 Å². The minimum Gasteiger partial charge on any atom is -0.373 e. The lowest BCUT2D eigenvalue weighted by Crippen LogP contribution is -2.40. The third kappa shape index (κ3) is 4.08. The molecule has 0 spiro atoms. The van der Waals surface area contributed by atoms with Gasteiger partial charge in [-0.05, 0) is 5.92 Å². The van der Waals surface area contributed by atoms with Crippen molar-refractivity contribution in [3.05, 3.63) is 11.9 Å². The summed E-state index contributed by atoms with van der Waals surface area (Å²) in [5.74, 6) is 1.71. The summed E-state index contributed by atoms with van der Waals surface area (Å²) in [6, 6.07) is 1.32. The highest BCUT2D eigenvalue weighted by molar-refractivity contribution is 5.83. The van der Waals surface area contributed by atoms with Crippen LogP contribution in [0.1, 0.15) is 40.4 Å². The second-order valence-electron chi connectivity index (χ2n) is 6.23. The highest BCUT2D eigenvalue weighted by Gasteiger charge is 2.23. The van der Waals surface area contributed by atoms with Gasteiger partial charge in [0.25, 0.3) is 0 Å². The molecule has 0 bridgehead atoms. The molecule has 0 radical (unpaired) electrons. The van der Waals surface area contributed by atoms with Crippen LogP contribution in [-0.4, -0.2) is 29.0 Å². The molecule has 6 heteroatoms. The van der Waals surface area contributed by atoms with E-state index in [4.69, 9.17) is 5.73 Å². The van der Waals surface area contributed by atoms with E-state index in [9.17, 15) is 4.79 Å². The number of anilines is 2. The molecule has 0 aliphatic carbocycles. The Hall–Kier alpha value is -1.85. The zero-order valence-electron chi connectivity index (χ0n) is 13.1. The fraction of sp³-hybridized carbons (Fsp3) is 0.643. The van der Waals surface area contributed by atoms with E-state index in [0.717, 1.165) is 0 Å². The number of rotatable bonds is 5. The Morgan fingerprint density at radius 3 is 2.20 bits per heavy atom. The summed E-state index contributed by atoms with van der Waals surface area (Å²) in [6.45, 7) is 10.00. The second-order valence-corrected chi connectivity index (χ2v) is 6.23. The lowest BCUT2D eigenvalue weighted by molar-refractivity contribution is -0.119. The second kappa shape index (κ2) is 6.07. The van der Waals surface area contributed by atoms with E-state index in [1.807, 2.05) is 34.6 Å². The molecular formula is C14H25N5O. The molecule has 112 valence electrons. The molecule has 0 aliphatic heterocycles. The maximum absolute atomic E-state index is 11.5. The lowest BCUT2D eigenvalue weighted by atomic mass is 9.95. The summed E-state index contributed by atoms with van der Waals surface area (Å²) in [7, 11) is 1.80.